The van der Waals surface area contributed by atoms with E-state index < -0.39 is 10.0 Å². The standard InChI is InChI=1S/C12H20ClN3O2S/c1-8-12(9(2)15-14-8)19(17,18)16(3)11-7-5-4-6-10(11)13/h10-11H,4-7H2,1-3H3,(H,14,15). The second-order valence-corrected chi connectivity index (χ2v) is 7.65. The van der Waals surface area contributed by atoms with Crippen molar-refractivity contribution in [2.75, 3.05) is 7.05 Å². The summed E-state index contributed by atoms with van der Waals surface area (Å²) in [7, 11) is -1.92. The number of hydrogen-bond donors (Lipinski definition) is 1. The third-order valence-electron chi connectivity index (χ3n) is 3.81. The average Bonchev–Trinajstić information content (AvgIpc) is 2.69. The number of hydrogen-bond acceptors (Lipinski definition) is 3. The molecule has 1 aromatic rings. The highest BCUT2D eigenvalue weighted by atomic mass is 35.5. The van der Waals surface area contributed by atoms with E-state index in [4.69, 9.17) is 11.6 Å². The van der Waals surface area contributed by atoms with Crippen molar-refractivity contribution in [3.63, 3.8) is 0 Å². The van der Waals surface area contributed by atoms with Crippen LogP contribution in [0.2, 0.25) is 0 Å². The normalized spacial score (nSPS) is 24.9. The summed E-state index contributed by atoms with van der Waals surface area (Å²) < 4.78 is 26.8. The Morgan fingerprint density at radius 1 is 1.32 bits per heavy atom. The molecule has 7 heteroatoms. The van der Waals surface area contributed by atoms with E-state index in [1.165, 1.54) is 4.31 Å². The van der Waals surface area contributed by atoms with Crippen molar-refractivity contribution in [2.45, 2.75) is 55.8 Å². The maximum Gasteiger partial charge on any atom is 0.246 e. The molecular weight excluding hydrogens is 286 g/mol. The Morgan fingerprint density at radius 2 is 1.95 bits per heavy atom. The minimum Gasteiger partial charge on any atom is -0.281 e. The van der Waals surface area contributed by atoms with E-state index in [2.05, 4.69) is 10.2 Å². The fraction of sp³-hybridized carbons (Fsp3) is 0.750. The zero-order valence-electron chi connectivity index (χ0n) is 11.5. The summed E-state index contributed by atoms with van der Waals surface area (Å²) in [5.74, 6) is 0. The fourth-order valence-electron chi connectivity index (χ4n) is 2.72. The van der Waals surface area contributed by atoms with Gasteiger partial charge in [-0.3, -0.25) is 5.10 Å². The van der Waals surface area contributed by atoms with Gasteiger partial charge < -0.3 is 0 Å². The summed E-state index contributed by atoms with van der Waals surface area (Å²) in [5.41, 5.74) is 1.08. The first kappa shape index (κ1) is 14.8. The molecule has 108 valence electrons. The lowest BCUT2D eigenvalue weighted by Crippen LogP contribution is -2.44. The molecule has 0 spiro atoms. The number of halogens is 1. The molecule has 0 aliphatic heterocycles. The lowest BCUT2D eigenvalue weighted by Gasteiger charge is -2.34. The molecule has 2 unspecified atom stereocenters. The molecular formula is C12H20ClN3O2S. The fourth-order valence-corrected chi connectivity index (χ4v) is 4.98. The summed E-state index contributed by atoms with van der Waals surface area (Å²) in [6.45, 7) is 3.42. The molecule has 0 amide bonds. The van der Waals surface area contributed by atoms with Gasteiger partial charge in [0.2, 0.25) is 10.0 Å². The Kier molecular flexibility index (Phi) is 4.23. The second kappa shape index (κ2) is 5.42. The average molecular weight is 306 g/mol. The van der Waals surface area contributed by atoms with Gasteiger partial charge in [-0.25, -0.2) is 8.42 Å². The number of sulfonamides is 1. The number of nitrogens with zero attached hydrogens (tertiary/aromatic N) is 2. The summed E-state index contributed by atoms with van der Waals surface area (Å²) in [5, 5.41) is 6.58. The van der Waals surface area contributed by atoms with E-state index in [1.807, 2.05) is 0 Å². The number of aromatic nitrogens is 2. The van der Waals surface area contributed by atoms with Gasteiger partial charge in [0, 0.05) is 13.1 Å². The Hall–Kier alpha value is -0.590. The molecule has 1 aliphatic rings. The number of rotatable bonds is 3. The third-order valence-corrected chi connectivity index (χ3v) is 6.47. The number of aromatic amines is 1. The highest BCUT2D eigenvalue weighted by molar-refractivity contribution is 7.89. The number of H-pyrrole nitrogens is 1. The number of aryl methyl sites for hydroxylation is 2. The van der Waals surface area contributed by atoms with Gasteiger partial charge in [-0.15, -0.1) is 11.6 Å². The number of nitrogens with one attached hydrogen (secondary N) is 1. The first-order chi connectivity index (χ1) is 8.85. The van der Waals surface area contributed by atoms with Crippen LogP contribution in [-0.4, -0.2) is 41.4 Å². The van der Waals surface area contributed by atoms with Crippen LogP contribution < -0.4 is 0 Å². The quantitative estimate of drug-likeness (QED) is 0.871. The molecule has 0 bridgehead atoms. The molecule has 2 atom stereocenters. The van der Waals surface area contributed by atoms with Crippen LogP contribution in [0, 0.1) is 13.8 Å². The Morgan fingerprint density at radius 3 is 2.47 bits per heavy atom. The van der Waals surface area contributed by atoms with Crippen LogP contribution in [0.4, 0.5) is 0 Å². The molecule has 1 aliphatic carbocycles. The topological polar surface area (TPSA) is 66.1 Å². The van der Waals surface area contributed by atoms with Crippen molar-refractivity contribution in [3.05, 3.63) is 11.4 Å². The molecule has 1 aromatic heterocycles. The van der Waals surface area contributed by atoms with Crippen molar-refractivity contribution >= 4 is 21.6 Å². The highest BCUT2D eigenvalue weighted by Gasteiger charge is 2.36. The van der Waals surface area contributed by atoms with E-state index >= 15 is 0 Å². The van der Waals surface area contributed by atoms with Crippen LogP contribution in [0.1, 0.15) is 37.1 Å². The summed E-state index contributed by atoms with van der Waals surface area (Å²) in [6.07, 6.45) is 3.79. The largest absolute Gasteiger partial charge is 0.281 e. The van der Waals surface area contributed by atoms with Gasteiger partial charge in [0.1, 0.15) is 4.90 Å². The van der Waals surface area contributed by atoms with Gasteiger partial charge in [-0.2, -0.15) is 9.40 Å². The molecule has 5 nitrogen and oxygen atoms in total. The SMILES string of the molecule is Cc1n[nH]c(C)c1S(=O)(=O)N(C)C1CCCCC1Cl. The van der Waals surface area contributed by atoms with Crippen molar-refractivity contribution in [3.8, 4) is 0 Å². The molecule has 0 radical (unpaired) electrons. The maximum atomic E-state index is 12.7. The van der Waals surface area contributed by atoms with Crippen molar-refractivity contribution in [2.24, 2.45) is 0 Å². The summed E-state index contributed by atoms with van der Waals surface area (Å²) >= 11 is 6.30. The molecule has 2 rings (SSSR count). The van der Waals surface area contributed by atoms with E-state index in [-0.39, 0.29) is 16.3 Å². The smallest absolute Gasteiger partial charge is 0.246 e. The van der Waals surface area contributed by atoms with Crippen molar-refractivity contribution in [1.82, 2.24) is 14.5 Å². The molecule has 1 N–H and O–H groups in total. The lowest BCUT2D eigenvalue weighted by molar-refractivity contribution is 0.290. The van der Waals surface area contributed by atoms with Gasteiger partial charge in [0.15, 0.2) is 0 Å². The van der Waals surface area contributed by atoms with E-state index in [9.17, 15) is 8.42 Å². The molecule has 1 heterocycles. The van der Waals surface area contributed by atoms with Crippen LogP contribution in [0.25, 0.3) is 0 Å². The Labute approximate surface area is 119 Å². The van der Waals surface area contributed by atoms with E-state index in [0.717, 1.165) is 25.7 Å². The highest BCUT2D eigenvalue weighted by Crippen LogP contribution is 2.31. The van der Waals surface area contributed by atoms with Crippen molar-refractivity contribution < 1.29 is 8.42 Å². The first-order valence-corrected chi connectivity index (χ1v) is 8.37. The van der Waals surface area contributed by atoms with Gasteiger partial charge in [0.25, 0.3) is 0 Å². The Bertz CT molecular complexity index is 536. The minimum atomic E-state index is -3.53. The molecule has 19 heavy (non-hydrogen) atoms. The predicted octanol–water partition coefficient (Wildman–Crippen LogP) is 2.20. The van der Waals surface area contributed by atoms with Crippen LogP contribution in [-0.2, 0) is 10.0 Å². The summed E-state index contributed by atoms with van der Waals surface area (Å²) in [6, 6.07) is -0.130. The zero-order valence-corrected chi connectivity index (χ0v) is 13.1. The van der Waals surface area contributed by atoms with Gasteiger partial charge in [-0.1, -0.05) is 12.8 Å². The molecule has 0 saturated heterocycles. The van der Waals surface area contributed by atoms with Gasteiger partial charge in [-0.05, 0) is 26.7 Å². The second-order valence-electron chi connectivity index (χ2n) is 5.15. The van der Waals surface area contributed by atoms with Crippen LogP contribution in [0.3, 0.4) is 0 Å². The van der Waals surface area contributed by atoms with Gasteiger partial charge in [0.05, 0.1) is 16.8 Å². The van der Waals surface area contributed by atoms with Crippen LogP contribution in [0.5, 0.6) is 0 Å². The summed E-state index contributed by atoms with van der Waals surface area (Å²) in [4.78, 5) is 0.282. The molecule has 0 aromatic carbocycles. The van der Waals surface area contributed by atoms with Crippen molar-refractivity contribution in [1.29, 1.82) is 0 Å². The first-order valence-electron chi connectivity index (χ1n) is 6.49. The van der Waals surface area contributed by atoms with Gasteiger partial charge >= 0.3 is 0 Å². The minimum absolute atomic E-state index is 0.110. The predicted molar refractivity (Wildman–Crippen MR) is 74.9 cm³/mol. The van der Waals surface area contributed by atoms with Crippen LogP contribution >= 0.6 is 11.6 Å². The maximum absolute atomic E-state index is 12.7. The van der Waals surface area contributed by atoms with E-state index in [0.29, 0.717) is 11.4 Å². The lowest BCUT2D eigenvalue weighted by atomic mass is 9.95. The number of alkyl halides is 1. The van der Waals surface area contributed by atoms with Crippen LogP contribution in [0.15, 0.2) is 4.90 Å². The monoisotopic (exact) mass is 305 g/mol. The molecule has 1 saturated carbocycles. The zero-order chi connectivity index (χ0) is 14.2. The third kappa shape index (κ3) is 2.66. The Balaban J connectivity index is 2.34. The van der Waals surface area contributed by atoms with E-state index in [1.54, 1.807) is 20.9 Å². The molecule has 1 fully saturated rings.